The molecule has 0 radical (unpaired) electrons. The fraction of sp³-hybridized carbons (Fsp3) is 0.500. The first-order valence-corrected chi connectivity index (χ1v) is 6.49. The van der Waals surface area contributed by atoms with Crippen molar-refractivity contribution >= 4 is 35.6 Å². The van der Waals surface area contributed by atoms with Crippen LogP contribution in [0.4, 0.5) is 5.69 Å². The molecule has 5 nitrogen and oxygen atoms in total. The Morgan fingerprint density at radius 1 is 1.30 bits per heavy atom. The molecule has 2 aliphatic carbocycles. The van der Waals surface area contributed by atoms with Gasteiger partial charge in [0.15, 0.2) is 17.5 Å². The number of hydrogen-bond donors (Lipinski definition) is 2. The number of nitrogens with one attached hydrogen (secondary N) is 1. The molecule has 0 amide bonds. The normalized spacial score (nSPS) is 21.9. The van der Waals surface area contributed by atoms with E-state index in [-0.39, 0.29) is 24.0 Å². The van der Waals surface area contributed by atoms with Gasteiger partial charge in [-0.25, -0.2) is 4.99 Å². The van der Waals surface area contributed by atoms with Gasteiger partial charge in [-0.15, -0.1) is 24.0 Å². The first-order chi connectivity index (χ1) is 9.16. The van der Waals surface area contributed by atoms with E-state index < -0.39 is 0 Å². The van der Waals surface area contributed by atoms with E-state index in [9.17, 15) is 0 Å². The Hall–Kier alpha value is -1.18. The van der Waals surface area contributed by atoms with E-state index in [1.54, 1.807) is 14.2 Å². The molecular weight excluding hydrogens is 369 g/mol. The van der Waals surface area contributed by atoms with E-state index in [1.807, 2.05) is 18.2 Å². The minimum absolute atomic E-state index is 0. The molecule has 6 heteroatoms. The smallest absolute Gasteiger partial charge is 0.193 e. The first-order valence-electron chi connectivity index (χ1n) is 6.49. The highest BCUT2D eigenvalue weighted by atomic mass is 127. The number of guanidine groups is 1. The van der Waals surface area contributed by atoms with Gasteiger partial charge in [0.25, 0.3) is 0 Å². The molecule has 3 rings (SSSR count). The van der Waals surface area contributed by atoms with Crippen molar-refractivity contribution < 1.29 is 9.47 Å². The van der Waals surface area contributed by atoms with E-state index in [0.29, 0.717) is 28.9 Å². The van der Waals surface area contributed by atoms with Gasteiger partial charge in [-0.2, -0.15) is 0 Å². The lowest BCUT2D eigenvalue weighted by molar-refractivity contribution is 0.355. The summed E-state index contributed by atoms with van der Waals surface area (Å²) in [6.45, 7) is 0. The molecule has 0 aromatic heterocycles. The standard InChI is InChI=1S/C14H19N3O2.HI/c1-18-10-4-3-9(7-11(10)19-2)16-13(15)17-12-8-14(12)5-6-14;/h3-4,7,12H,5-6,8H2,1-2H3,(H3,15,16,17);1H. The van der Waals surface area contributed by atoms with Crippen molar-refractivity contribution in [3.8, 4) is 11.5 Å². The van der Waals surface area contributed by atoms with Gasteiger partial charge in [-0.3, -0.25) is 0 Å². The van der Waals surface area contributed by atoms with Crippen LogP contribution in [-0.2, 0) is 0 Å². The Kier molecular flexibility index (Phi) is 4.31. The molecule has 20 heavy (non-hydrogen) atoms. The van der Waals surface area contributed by atoms with Gasteiger partial charge in [0, 0.05) is 11.8 Å². The number of nitrogens with two attached hydrogens (primary N) is 1. The summed E-state index contributed by atoms with van der Waals surface area (Å²) < 4.78 is 10.4. The Morgan fingerprint density at radius 2 is 2.00 bits per heavy atom. The molecule has 0 saturated heterocycles. The van der Waals surface area contributed by atoms with Crippen molar-refractivity contribution in [2.75, 3.05) is 19.5 Å². The third kappa shape index (κ3) is 2.94. The Morgan fingerprint density at radius 3 is 2.55 bits per heavy atom. The van der Waals surface area contributed by atoms with Crippen LogP contribution < -0.4 is 20.5 Å². The van der Waals surface area contributed by atoms with E-state index in [4.69, 9.17) is 15.2 Å². The molecule has 3 N–H and O–H groups in total. The Balaban J connectivity index is 0.00000147. The number of rotatable bonds is 4. The molecule has 0 aliphatic heterocycles. The number of nitrogens with zero attached hydrogens (tertiary/aromatic N) is 1. The van der Waals surface area contributed by atoms with Crippen molar-refractivity contribution in [3.05, 3.63) is 18.2 Å². The van der Waals surface area contributed by atoms with Crippen molar-refractivity contribution in [2.24, 2.45) is 16.1 Å². The summed E-state index contributed by atoms with van der Waals surface area (Å²) in [7, 11) is 3.23. The number of benzene rings is 1. The van der Waals surface area contributed by atoms with Gasteiger partial charge in [-0.1, -0.05) is 0 Å². The summed E-state index contributed by atoms with van der Waals surface area (Å²) >= 11 is 0. The van der Waals surface area contributed by atoms with Crippen LogP contribution in [0.5, 0.6) is 11.5 Å². The molecule has 1 aromatic carbocycles. The molecule has 0 heterocycles. The van der Waals surface area contributed by atoms with Crippen molar-refractivity contribution in [2.45, 2.75) is 25.3 Å². The third-order valence-corrected chi connectivity index (χ3v) is 3.99. The van der Waals surface area contributed by atoms with Crippen LogP contribution in [0.25, 0.3) is 0 Å². The zero-order valence-electron chi connectivity index (χ0n) is 11.7. The summed E-state index contributed by atoms with van der Waals surface area (Å²) in [5.74, 6) is 1.84. The topological polar surface area (TPSA) is 68.9 Å². The fourth-order valence-electron chi connectivity index (χ4n) is 2.47. The van der Waals surface area contributed by atoms with Gasteiger partial charge in [0.1, 0.15) is 0 Å². The highest BCUT2D eigenvalue weighted by Crippen LogP contribution is 2.67. The van der Waals surface area contributed by atoms with Crippen molar-refractivity contribution in [1.29, 1.82) is 0 Å². The van der Waals surface area contributed by atoms with Crippen LogP contribution in [0.2, 0.25) is 0 Å². The van der Waals surface area contributed by atoms with E-state index in [1.165, 1.54) is 19.3 Å². The highest BCUT2D eigenvalue weighted by molar-refractivity contribution is 14.0. The number of aliphatic imine (C=N–C) groups is 1. The molecule has 2 fully saturated rings. The molecule has 2 aliphatic rings. The zero-order chi connectivity index (χ0) is 13.5. The lowest BCUT2D eigenvalue weighted by Gasteiger charge is -2.10. The van der Waals surface area contributed by atoms with E-state index >= 15 is 0 Å². The van der Waals surface area contributed by atoms with E-state index in [0.717, 1.165) is 5.69 Å². The van der Waals surface area contributed by atoms with Crippen LogP contribution in [0, 0.1) is 5.41 Å². The lowest BCUT2D eigenvalue weighted by Crippen LogP contribution is -2.23. The second-order valence-electron chi connectivity index (χ2n) is 5.29. The predicted octanol–water partition coefficient (Wildman–Crippen LogP) is 2.60. The molecule has 1 aromatic rings. The Bertz CT molecular complexity index is 529. The maximum absolute atomic E-state index is 5.92. The minimum Gasteiger partial charge on any atom is -0.493 e. The molecular formula is C14H20IN3O2. The van der Waals surface area contributed by atoms with Crippen LogP contribution in [0.15, 0.2) is 23.2 Å². The molecule has 0 bridgehead atoms. The van der Waals surface area contributed by atoms with Crippen LogP contribution in [0.3, 0.4) is 0 Å². The summed E-state index contributed by atoms with van der Waals surface area (Å²) in [6.07, 6.45) is 3.82. The van der Waals surface area contributed by atoms with Gasteiger partial charge >= 0.3 is 0 Å². The van der Waals surface area contributed by atoms with Crippen molar-refractivity contribution in [3.63, 3.8) is 0 Å². The number of anilines is 1. The second-order valence-corrected chi connectivity index (χ2v) is 5.29. The van der Waals surface area contributed by atoms with Crippen molar-refractivity contribution in [1.82, 2.24) is 0 Å². The molecule has 1 atom stereocenters. The average Bonchev–Trinajstić information content (AvgIpc) is 3.31. The monoisotopic (exact) mass is 389 g/mol. The third-order valence-electron chi connectivity index (χ3n) is 3.99. The minimum atomic E-state index is 0. The summed E-state index contributed by atoms with van der Waals surface area (Å²) in [4.78, 5) is 4.51. The quantitative estimate of drug-likeness (QED) is 0.472. The number of hydrogen-bond acceptors (Lipinski definition) is 3. The fourth-order valence-corrected chi connectivity index (χ4v) is 2.47. The molecule has 110 valence electrons. The van der Waals surface area contributed by atoms with Crippen LogP contribution in [0.1, 0.15) is 19.3 Å². The van der Waals surface area contributed by atoms with Gasteiger partial charge in [0.05, 0.1) is 20.3 Å². The first kappa shape index (κ1) is 15.2. The van der Waals surface area contributed by atoms with Crippen LogP contribution >= 0.6 is 24.0 Å². The number of halogens is 1. The lowest BCUT2D eigenvalue weighted by atomic mass is 10.3. The molecule has 1 spiro atoms. The number of methoxy groups -OCH3 is 2. The van der Waals surface area contributed by atoms with E-state index in [2.05, 4.69) is 10.3 Å². The molecule has 2 saturated carbocycles. The molecule has 1 unspecified atom stereocenters. The van der Waals surface area contributed by atoms with Crippen LogP contribution in [-0.4, -0.2) is 26.2 Å². The highest BCUT2D eigenvalue weighted by Gasteiger charge is 2.63. The summed E-state index contributed by atoms with van der Waals surface area (Å²) in [5.41, 5.74) is 7.31. The second kappa shape index (κ2) is 5.67. The number of ether oxygens (including phenoxy) is 2. The zero-order valence-corrected chi connectivity index (χ0v) is 14.0. The maximum atomic E-state index is 5.92. The SMILES string of the molecule is COc1ccc(NC(N)=NC2CC23CC3)cc1OC.I. The predicted molar refractivity (Wildman–Crippen MR) is 90.3 cm³/mol. The largest absolute Gasteiger partial charge is 0.493 e. The summed E-state index contributed by atoms with van der Waals surface area (Å²) in [5, 5.41) is 3.10. The maximum Gasteiger partial charge on any atom is 0.193 e. The average molecular weight is 389 g/mol. The Labute approximate surface area is 135 Å². The van der Waals surface area contributed by atoms with Gasteiger partial charge < -0.3 is 20.5 Å². The summed E-state index contributed by atoms with van der Waals surface area (Å²) in [6, 6.07) is 6.01. The van der Waals surface area contributed by atoms with Gasteiger partial charge in [-0.05, 0) is 36.8 Å². The van der Waals surface area contributed by atoms with Gasteiger partial charge in [0.2, 0.25) is 0 Å².